The van der Waals surface area contributed by atoms with E-state index in [9.17, 15) is 9.90 Å². The van der Waals surface area contributed by atoms with E-state index < -0.39 is 6.10 Å². The number of ketones is 1. The third-order valence-corrected chi connectivity index (χ3v) is 7.02. The van der Waals surface area contributed by atoms with Crippen LogP contribution in [0.3, 0.4) is 0 Å². The number of nitrogens with one attached hydrogen (secondary N) is 1. The molecule has 0 amide bonds. The van der Waals surface area contributed by atoms with Gasteiger partial charge in [-0.3, -0.25) is 4.79 Å². The smallest absolute Gasteiger partial charge is 0.173 e. The number of rotatable bonds is 10. The zero-order chi connectivity index (χ0) is 29.3. The molecule has 1 heterocycles. The summed E-state index contributed by atoms with van der Waals surface area (Å²) in [6, 6.07) is 4.21. The van der Waals surface area contributed by atoms with Crippen molar-refractivity contribution in [2.24, 2.45) is 11.7 Å². The fourth-order valence-electron chi connectivity index (χ4n) is 4.36. The summed E-state index contributed by atoms with van der Waals surface area (Å²) in [6.45, 7) is 17.6. The van der Waals surface area contributed by atoms with Crippen molar-refractivity contribution in [1.29, 1.82) is 0 Å². The number of likely N-dealkylation sites (N-methyl/N-ethyl adjacent to an activating group) is 1. The van der Waals surface area contributed by atoms with Crippen molar-refractivity contribution < 1.29 is 19.4 Å². The van der Waals surface area contributed by atoms with E-state index in [1.807, 2.05) is 34.7 Å². The molecule has 2 atom stereocenters. The summed E-state index contributed by atoms with van der Waals surface area (Å²) in [5.74, 6) is 1.76. The minimum absolute atomic E-state index is 0.139. The molecule has 38 heavy (non-hydrogen) atoms. The highest BCUT2D eigenvalue weighted by Crippen LogP contribution is 2.38. The van der Waals surface area contributed by atoms with Crippen LogP contribution >= 0.6 is 11.3 Å². The standard InChI is InChI=1S/C24H33NO3S.C3H8.C2H5NO.C2H6/c1-14-8-20-17(4)29-24(21(20)9-14)22(27)7-6-18-10-15(2)23(16(3)11-18)28-13-19(26)12-25-5;1-3-2;3-1-2-4;1-2/h10-11,14,19,25-26H,6-9,12-13H2,1-5H3;3H2,1-2H3;2H,1,3H2;1-2H3/t14-,19?;;;/m0.../s1. The summed E-state index contributed by atoms with van der Waals surface area (Å²) < 4.78 is 5.84. The number of aldehydes is 1. The van der Waals surface area contributed by atoms with E-state index >= 15 is 0 Å². The molecule has 0 saturated carbocycles. The molecule has 0 bridgehead atoms. The van der Waals surface area contributed by atoms with Crippen molar-refractivity contribution in [2.75, 3.05) is 26.7 Å². The normalized spacial score (nSPS) is 14.0. The van der Waals surface area contributed by atoms with Crippen molar-refractivity contribution in [2.45, 2.75) is 93.6 Å². The zero-order valence-corrected chi connectivity index (χ0v) is 26.0. The van der Waals surface area contributed by atoms with E-state index in [-0.39, 0.29) is 18.9 Å². The molecule has 216 valence electrons. The van der Waals surface area contributed by atoms with Gasteiger partial charge >= 0.3 is 0 Å². The predicted molar refractivity (Wildman–Crippen MR) is 162 cm³/mol. The Morgan fingerprint density at radius 2 is 1.71 bits per heavy atom. The van der Waals surface area contributed by atoms with Gasteiger partial charge in [-0.25, -0.2) is 0 Å². The molecule has 0 fully saturated rings. The van der Waals surface area contributed by atoms with Gasteiger partial charge in [-0.2, -0.15) is 0 Å². The van der Waals surface area contributed by atoms with Gasteiger partial charge in [0.2, 0.25) is 0 Å². The lowest BCUT2D eigenvalue weighted by molar-refractivity contribution is -0.106. The quantitative estimate of drug-likeness (QED) is 0.257. The number of ether oxygens (including phenoxy) is 1. The maximum absolute atomic E-state index is 12.9. The summed E-state index contributed by atoms with van der Waals surface area (Å²) in [4.78, 5) is 24.3. The minimum atomic E-state index is -0.533. The largest absolute Gasteiger partial charge is 0.490 e. The number of fused-ring (bicyclic) bond motifs is 1. The average Bonchev–Trinajstić information content (AvgIpc) is 3.41. The van der Waals surface area contributed by atoms with E-state index in [0.29, 0.717) is 25.2 Å². The topological polar surface area (TPSA) is 102 Å². The van der Waals surface area contributed by atoms with Gasteiger partial charge in [-0.1, -0.05) is 53.2 Å². The maximum Gasteiger partial charge on any atom is 0.173 e. The molecule has 1 aromatic carbocycles. The van der Waals surface area contributed by atoms with Gasteiger partial charge in [0.05, 0.1) is 4.88 Å². The Bertz CT molecular complexity index is 948. The summed E-state index contributed by atoms with van der Waals surface area (Å²) in [6.07, 6.45) is 4.82. The van der Waals surface area contributed by atoms with Crippen molar-refractivity contribution in [3.8, 4) is 5.75 Å². The molecule has 1 unspecified atom stereocenters. The summed E-state index contributed by atoms with van der Waals surface area (Å²) >= 11 is 1.69. The lowest BCUT2D eigenvalue weighted by Crippen LogP contribution is -2.29. The van der Waals surface area contributed by atoms with Crippen LogP contribution in [0.2, 0.25) is 0 Å². The number of thiophene rings is 1. The monoisotopic (exact) mass is 548 g/mol. The summed E-state index contributed by atoms with van der Waals surface area (Å²) in [5, 5.41) is 12.8. The summed E-state index contributed by atoms with van der Waals surface area (Å²) in [5.41, 5.74) is 10.7. The molecule has 1 aliphatic carbocycles. The van der Waals surface area contributed by atoms with Crippen molar-refractivity contribution in [1.82, 2.24) is 5.32 Å². The van der Waals surface area contributed by atoms with Gasteiger partial charge in [0.1, 0.15) is 24.7 Å². The van der Waals surface area contributed by atoms with Crippen LogP contribution < -0.4 is 15.8 Å². The number of hydrogen-bond acceptors (Lipinski definition) is 7. The number of Topliss-reactive ketones (excluding diaryl/α,β-unsaturated/α-hetero) is 1. The Morgan fingerprint density at radius 1 is 1.18 bits per heavy atom. The fourth-order valence-corrected chi connectivity index (χ4v) is 5.54. The number of nitrogens with two attached hydrogens (primary N) is 1. The minimum Gasteiger partial charge on any atom is -0.490 e. The number of aliphatic hydroxyl groups excluding tert-OH is 1. The highest BCUT2D eigenvalue weighted by atomic mass is 32.1. The van der Waals surface area contributed by atoms with Gasteiger partial charge in [0, 0.05) is 24.4 Å². The number of carbonyl (C=O) groups is 2. The molecular weight excluding hydrogens is 496 g/mol. The number of hydrogen-bond donors (Lipinski definition) is 3. The number of aryl methyl sites for hydroxylation is 4. The Morgan fingerprint density at radius 3 is 2.21 bits per heavy atom. The van der Waals surface area contributed by atoms with Crippen molar-refractivity contribution >= 4 is 23.4 Å². The van der Waals surface area contributed by atoms with Crippen molar-refractivity contribution in [3.05, 3.63) is 49.7 Å². The highest BCUT2D eigenvalue weighted by Gasteiger charge is 2.27. The first kappa shape index (κ1) is 35.9. The van der Waals surface area contributed by atoms with E-state index in [1.165, 1.54) is 22.4 Å². The van der Waals surface area contributed by atoms with Crippen LogP contribution in [0.1, 0.15) is 89.8 Å². The molecule has 2 aromatic rings. The first-order chi connectivity index (χ1) is 18.1. The Balaban J connectivity index is 0.00000134. The Hall–Kier alpha value is -2.06. The number of benzene rings is 1. The maximum atomic E-state index is 12.9. The van der Waals surface area contributed by atoms with E-state index in [4.69, 9.17) is 9.53 Å². The van der Waals surface area contributed by atoms with Crippen LogP contribution in [-0.4, -0.2) is 50.0 Å². The fraction of sp³-hybridized carbons (Fsp3) is 0.613. The van der Waals surface area contributed by atoms with E-state index in [1.54, 1.807) is 11.3 Å². The first-order valence-corrected chi connectivity index (χ1v) is 14.8. The van der Waals surface area contributed by atoms with Gasteiger partial charge in [0.25, 0.3) is 0 Å². The van der Waals surface area contributed by atoms with E-state index in [0.717, 1.165) is 46.6 Å². The number of aliphatic hydroxyl groups is 1. The Kier molecular flexibility index (Phi) is 18.8. The van der Waals surface area contributed by atoms with Crippen LogP contribution in [0.25, 0.3) is 0 Å². The van der Waals surface area contributed by atoms with Gasteiger partial charge in [-0.15, -0.1) is 11.3 Å². The second-order valence-corrected chi connectivity index (χ2v) is 10.8. The first-order valence-electron chi connectivity index (χ1n) is 14.0. The molecule has 0 spiro atoms. The highest BCUT2D eigenvalue weighted by molar-refractivity contribution is 7.14. The molecule has 0 saturated heterocycles. The van der Waals surface area contributed by atoms with Crippen LogP contribution in [0, 0.1) is 26.7 Å². The molecular formula is C31H52N2O4S. The SMILES string of the molecule is CC.CCC.CNCC(O)COc1c(C)cc(CCC(=O)c2sc(C)c3c2C[C@@H](C)C3)cc1C.NCC=O. The average molecular weight is 549 g/mol. The molecule has 4 N–H and O–H groups in total. The Labute approximate surface area is 235 Å². The lowest BCUT2D eigenvalue weighted by atomic mass is 9.99. The molecule has 6 nitrogen and oxygen atoms in total. The molecule has 1 aromatic heterocycles. The molecule has 7 heteroatoms. The lowest BCUT2D eigenvalue weighted by Gasteiger charge is -2.16. The second-order valence-electron chi connectivity index (χ2n) is 9.57. The second kappa shape index (κ2) is 19.9. The third kappa shape index (κ3) is 11.8. The van der Waals surface area contributed by atoms with E-state index in [2.05, 4.69) is 50.9 Å². The van der Waals surface area contributed by atoms with Crippen molar-refractivity contribution in [3.63, 3.8) is 0 Å². The van der Waals surface area contributed by atoms with Gasteiger partial charge in [-0.05, 0) is 80.8 Å². The van der Waals surface area contributed by atoms with Gasteiger partial charge < -0.3 is 25.7 Å². The van der Waals surface area contributed by atoms with Crippen LogP contribution in [-0.2, 0) is 24.1 Å². The third-order valence-electron chi connectivity index (χ3n) is 5.79. The molecule has 1 aliphatic rings. The zero-order valence-electron chi connectivity index (χ0n) is 25.2. The molecule has 0 radical (unpaired) electrons. The van der Waals surface area contributed by atoms with Gasteiger partial charge in [0.15, 0.2) is 5.78 Å². The predicted octanol–water partition coefficient (Wildman–Crippen LogP) is 5.77. The molecule has 0 aliphatic heterocycles. The van der Waals surface area contributed by atoms with Crippen LogP contribution in [0.4, 0.5) is 0 Å². The van der Waals surface area contributed by atoms with Crippen LogP contribution in [0.5, 0.6) is 5.75 Å². The summed E-state index contributed by atoms with van der Waals surface area (Å²) in [7, 11) is 1.81. The number of carbonyl (C=O) groups excluding carboxylic acids is 2. The molecule has 3 rings (SSSR count). The van der Waals surface area contributed by atoms with Crippen LogP contribution in [0.15, 0.2) is 12.1 Å².